The lowest BCUT2D eigenvalue weighted by atomic mass is 9.77. The van der Waals surface area contributed by atoms with Crippen molar-refractivity contribution in [1.29, 1.82) is 0 Å². The highest BCUT2D eigenvalue weighted by Crippen LogP contribution is 2.41. The highest BCUT2D eigenvalue weighted by atomic mass is 32.1. The van der Waals surface area contributed by atoms with Crippen molar-refractivity contribution in [3.05, 3.63) is 62.7 Å². The molecular formula is C24H25F2N3O4S. The van der Waals surface area contributed by atoms with Crippen LogP contribution in [-0.4, -0.2) is 37.0 Å². The normalized spacial score (nSPS) is 22.6. The summed E-state index contributed by atoms with van der Waals surface area (Å²) in [7, 11) is 2.65. The molecule has 1 aliphatic heterocycles. The van der Waals surface area contributed by atoms with E-state index in [4.69, 9.17) is 14.5 Å². The number of amidine groups is 1. The summed E-state index contributed by atoms with van der Waals surface area (Å²) in [6.45, 7) is 1.46. The maximum absolute atomic E-state index is 14.5. The van der Waals surface area contributed by atoms with Gasteiger partial charge in [-0.25, -0.2) is 18.6 Å². The van der Waals surface area contributed by atoms with E-state index in [-0.39, 0.29) is 28.9 Å². The summed E-state index contributed by atoms with van der Waals surface area (Å²) in [5.41, 5.74) is 1.31. The molecule has 34 heavy (non-hydrogen) atoms. The monoisotopic (exact) mass is 489 g/mol. The van der Waals surface area contributed by atoms with Crippen LogP contribution in [0.4, 0.5) is 8.78 Å². The van der Waals surface area contributed by atoms with E-state index in [9.17, 15) is 18.4 Å². The third kappa shape index (κ3) is 4.46. The van der Waals surface area contributed by atoms with Crippen molar-refractivity contribution in [3.8, 4) is 0 Å². The molecule has 180 valence electrons. The Bertz CT molecular complexity index is 1160. The van der Waals surface area contributed by atoms with Crippen LogP contribution < -0.4 is 5.32 Å². The van der Waals surface area contributed by atoms with Gasteiger partial charge in [0.15, 0.2) is 22.5 Å². The van der Waals surface area contributed by atoms with E-state index in [0.29, 0.717) is 47.8 Å². The van der Waals surface area contributed by atoms with Gasteiger partial charge in [-0.2, -0.15) is 0 Å². The third-order valence-corrected chi connectivity index (χ3v) is 7.24. The lowest BCUT2D eigenvalue weighted by Crippen LogP contribution is -2.38. The lowest BCUT2D eigenvalue weighted by molar-refractivity contribution is -0.146. The first kappa shape index (κ1) is 24.0. The summed E-state index contributed by atoms with van der Waals surface area (Å²) in [5, 5.41) is 5.70. The largest absolute Gasteiger partial charge is 0.469 e. The predicted octanol–water partition coefficient (Wildman–Crippen LogP) is 4.23. The van der Waals surface area contributed by atoms with Crippen molar-refractivity contribution in [1.82, 2.24) is 10.3 Å². The number of esters is 2. The first-order chi connectivity index (χ1) is 16.3. The Kier molecular flexibility index (Phi) is 7.06. The number of aliphatic imine (C=N–C) groups is 1. The lowest BCUT2D eigenvalue weighted by Gasteiger charge is -2.34. The van der Waals surface area contributed by atoms with Crippen LogP contribution in [0.15, 0.2) is 40.0 Å². The van der Waals surface area contributed by atoms with Gasteiger partial charge in [0.25, 0.3) is 0 Å². The number of halogens is 2. The molecule has 1 aromatic carbocycles. The molecule has 10 heteroatoms. The van der Waals surface area contributed by atoms with E-state index in [1.807, 2.05) is 0 Å². The standard InChI is InChI=1S/C24H25F2N3O4S/c1-12-15(8-9-16(25)18(12)26)20-17(24(31)33-3)19(28-21(29-20)22-27-10-11-34-22)13-4-6-14(7-5-13)23(30)32-2/h8-11,13-14,20H,4-7H2,1-3H3,(H,28,29). The number of benzene rings is 1. The quantitative estimate of drug-likeness (QED) is 0.633. The molecule has 1 aliphatic carbocycles. The number of hydrogen-bond acceptors (Lipinski definition) is 8. The number of hydrogen-bond donors (Lipinski definition) is 1. The minimum Gasteiger partial charge on any atom is -0.469 e. The fourth-order valence-corrected chi connectivity index (χ4v) is 5.23. The smallest absolute Gasteiger partial charge is 0.338 e. The number of carbonyl (C=O) groups excluding carboxylic acids is 2. The van der Waals surface area contributed by atoms with Crippen molar-refractivity contribution in [3.63, 3.8) is 0 Å². The number of aromatic nitrogens is 1. The van der Waals surface area contributed by atoms with E-state index in [1.165, 1.54) is 38.5 Å². The minimum atomic E-state index is -0.980. The third-order valence-electron chi connectivity index (χ3n) is 6.46. The highest BCUT2D eigenvalue weighted by molar-refractivity contribution is 7.11. The van der Waals surface area contributed by atoms with Gasteiger partial charge in [-0.15, -0.1) is 11.3 Å². The molecule has 1 N–H and O–H groups in total. The number of thiazole rings is 1. The topological polar surface area (TPSA) is 89.9 Å². The Hall–Kier alpha value is -3.14. The Balaban J connectivity index is 1.82. The van der Waals surface area contributed by atoms with Crippen LogP contribution in [0.25, 0.3) is 0 Å². The van der Waals surface area contributed by atoms with Gasteiger partial charge in [-0.05, 0) is 55.7 Å². The summed E-state index contributed by atoms with van der Waals surface area (Å²) >= 11 is 1.37. The molecule has 4 rings (SSSR count). The fraction of sp³-hybridized carbons (Fsp3) is 0.417. The van der Waals surface area contributed by atoms with Crippen molar-refractivity contribution in [2.75, 3.05) is 14.2 Å². The Morgan fingerprint density at radius 2 is 1.85 bits per heavy atom. The zero-order valence-electron chi connectivity index (χ0n) is 19.1. The zero-order valence-corrected chi connectivity index (χ0v) is 19.9. The minimum absolute atomic E-state index is 0.0734. The van der Waals surface area contributed by atoms with Crippen LogP contribution >= 0.6 is 11.3 Å². The van der Waals surface area contributed by atoms with Crippen LogP contribution in [0, 0.1) is 30.4 Å². The molecule has 2 aliphatic rings. The second-order valence-electron chi connectivity index (χ2n) is 8.31. The first-order valence-electron chi connectivity index (χ1n) is 10.9. The van der Waals surface area contributed by atoms with Crippen LogP contribution in [0.2, 0.25) is 0 Å². The molecule has 0 amide bonds. The van der Waals surface area contributed by atoms with E-state index >= 15 is 0 Å². The van der Waals surface area contributed by atoms with Crippen molar-refractivity contribution < 1.29 is 27.8 Å². The van der Waals surface area contributed by atoms with Gasteiger partial charge in [0.1, 0.15) is 6.04 Å². The first-order valence-corrected chi connectivity index (χ1v) is 11.8. The molecule has 2 aromatic rings. The van der Waals surface area contributed by atoms with E-state index in [2.05, 4.69) is 10.3 Å². The molecule has 0 saturated heterocycles. The van der Waals surface area contributed by atoms with Gasteiger partial charge in [-0.1, -0.05) is 6.07 Å². The molecule has 1 aromatic heterocycles. The van der Waals surface area contributed by atoms with Crippen molar-refractivity contribution >= 4 is 29.1 Å². The fourth-order valence-electron chi connectivity index (χ4n) is 4.64. The second kappa shape index (κ2) is 10.0. The van der Waals surface area contributed by atoms with E-state index in [0.717, 1.165) is 6.07 Å². The van der Waals surface area contributed by atoms with E-state index < -0.39 is 23.6 Å². The number of allylic oxidation sites excluding steroid dienone is 1. The molecule has 0 bridgehead atoms. The Morgan fingerprint density at radius 3 is 2.47 bits per heavy atom. The zero-order chi connectivity index (χ0) is 24.4. The van der Waals surface area contributed by atoms with Gasteiger partial charge >= 0.3 is 11.9 Å². The molecule has 0 spiro atoms. The molecule has 1 saturated carbocycles. The molecule has 0 radical (unpaired) electrons. The maximum Gasteiger partial charge on any atom is 0.338 e. The van der Waals surface area contributed by atoms with Gasteiger partial charge in [0, 0.05) is 17.3 Å². The molecule has 2 heterocycles. The number of methoxy groups -OCH3 is 2. The number of ether oxygens (including phenoxy) is 2. The molecule has 1 unspecified atom stereocenters. The summed E-state index contributed by atoms with van der Waals surface area (Å²) in [5.74, 6) is -2.62. The average Bonchev–Trinajstić information content (AvgIpc) is 3.41. The van der Waals surface area contributed by atoms with Crippen LogP contribution in [0.1, 0.15) is 47.9 Å². The van der Waals surface area contributed by atoms with Crippen molar-refractivity contribution in [2.45, 2.75) is 38.6 Å². The highest BCUT2D eigenvalue weighted by Gasteiger charge is 2.38. The van der Waals surface area contributed by atoms with Gasteiger partial charge < -0.3 is 14.8 Å². The van der Waals surface area contributed by atoms with Crippen LogP contribution in [0.3, 0.4) is 0 Å². The summed E-state index contributed by atoms with van der Waals surface area (Å²) < 4.78 is 38.4. The number of carbonyl (C=O) groups is 2. The number of rotatable bonds is 5. The van der Waals surface area contributed by atoms with Gasteiger partial charge in [0.2, 0.25) is 0 Å². The predicted molar refractivity (Wildman–Crippen MR) is 122 cm³/mol. The van der Waals surface area contributed by atoms with Crippen LogP contribution in [0.5, 0.6) is 0 Å². The molecule has 1 fully saturated rings. The summed E-state index contributed by atoms with van der Waals surface area (Å²) in [6, 6.07) is 1.58. The average molecular weight is 490 g/mol. The van der Waals surface area contributed by atoms with Gasteiger partial charge in [0.05, 0.1) is 25.7 Å². The SMILES string of the molecule is COC(=O)C1=C(C2CCC(C(=O)OC)CC2)NC(c2nccs2)=NC1c1ccc(F)c(F)c1C. The summed E-state index contributed by atoms with van der Waals surface area (Å²) in [4.78, 5) is 34.1. The molecule has 1 atom stereocenters. The van der Waals surface area contributed by atoms with Crippen LogP contribution in [-0.2, 0) is 19.1 Å². The summed E-state index contributed by atoms with van der Waals surface area (Å²) in [6.07, 6.45) is 4.13. The number of nitrogens with zero attached hydrogens (tertiary/aromatic N) is 2. The van der Waals surface area contributed by atoms with Crippen molar-refractivity contribution in [2.24, 2.45) is 16.8 Å². The Morgan fingerprint density at radius 1 is 1.12 bits per heavy atom. The van der Waals surface area contributed by atoms with E-state index in [1.54, 1.807) is 11.6 Å². The second-order valence-corrected chi connectivity index (χ2v) is 9.20. The van der Waals surface area contributed by atoms with Gasteiger partial charge in [-0.3, -0.25) is 9.79 Å². The Labute approximate surface area is 199 Å². The molecule has 7 nitrogen and oxygen atoms in total. The maximum atomic E-state index is 14.5. The molecular weight excluding hydrogens is 464 g/mol. The number of nitrogens with one attached hydrogen (secondary N) is 1.